The molecular weight excluding hydrogens is 368 g/mol. The van der Waals surface area contributed by atoms with E-state index in [1.807, 2.05) is 6.07 Å². The highest BCUT2D eigenvalue weighted by Gasteiger charge is 2.22. The van der Waals surface area contributed by atoms with E-state index in [9.17, 15) is 19.7 Å². The first-order chi connectivity index (χ1) is 13.4. The number of ether oxygens (including phenoxy) is 3. The van der Waals surface area contributed by atoms with Crippen LogP contribution in [-0.2, 0) is 14.3 Å². The summed E-state index contributed by atoms with van der Waals surface area (Å²) in [7, 11) is 1.37. The number of carbonyl (C=O) groups excluding carboxylic acids is 2. The van der Waals surface area contributed by atoms with Crippen LogP contribution in [0.4, 0.5) is 11.4 Å². The Kier molecular flexibility index (Phi) is 7.32. The minimum Gasteiger partial charge on any atom is -0.496 e. The Morgan fingerprint density at radius 1 is 1.14 bits per heavy atom. The van der Waals surface area contributed by atoms with Crippen LogP contribution < -0.4 is 14.8 Å². The quantitative estimate of drug-likeness (QED) is 0.399. The molecule has 0 fully saturated rings. The molecule has 9 heteroatoms. The SMILES string of the molecule is CC[C@H](Oc1ccccc1)C(=O)OCC(=O)Nc1ccc(OC)cc1[N+](=O)[O-]. The molecule has 0 heterocycles. The van der Waals surface area contributed by atoms with Gasteiger partial charge >= 0.3 is 5.97 Å². The number of anilines is 1. The van der Waals surface area contributed by atoms with Gasteiger partial charge in [-0.25, -0.2) is 4.79 Å². The van der Waals surface area contributed by atoms with Crippen LogP contribution in [-0.4, -0.2) is 36.6 Å². The normalized spacial score (nSPS) is 11.2. The van der Waals surface area contributed by atoms with Crippen molar-refractivity contribution in [1.29, 1.82) is 0 Å². The Hall–Kier alpha value is -3.62. The summed E-state index contributed by atoms with van der Waals surface area (Å²) < 4.78 is 15.4. The average molecular weight is 388 g/mol. The molecule has 148 valence electrons. The van der Waals surface area contributed by atoms with Crippen LogP contribution >= 0.6 is 0 Å². The Morgan fingerprint density at radius 3 is 2.46 bits per heavy atom. The molecule has 1 N–H and O–H groups in total. The Balaban J connectivity index is 1.94. The standard InChI is InChI=1S/C19H20N2O7/c1-3-17(28-13-7-5-4-6-8-13)19(23)27-12-18(22)20-15-10-9-14(26-2)11-16(15)21(24)25/h4-11,17H,3,12H2,1-2H3,(H,20,22)/t17-/m0/s1. The van der Waals surface area contributed by atoms with Gasteiger partial charge in [0.15, 0.2) is 12.7 Å². The van der Waals surface area contributed by atoms with Crippen molar-refractivity contribution in [3.63, 3.8) is 0 Å². The molecule has 0 unspecified atom stereocenters. The van der Waals surface area contributed by atoms with Crippen molar-refractivity contribution < 1.29 is 28.7 Å². The third kappa shape index (κ3) is 5.70. The highest BCUT2D eigenvalue weighted by atomic mass is 16.6. The first-order valence-electron chi connectivity index (χ1n) is 8.45. The second kappa shape index (κ2) is 9.91. The molecule has 0 radical (unpaired) electrons. The number of nitro groups is 1. The summed E-state index contributed by atoms with van der Waals surface area (Å²) in [6, 6.07) is 12.7. The van der Waals surface area contributed by atoms with Crippen molar-refractivity contribution in [2.75, 3.05) is 19.0 Å². The molecule has 9 nitrogen and oxygen atoms in total. The molecule has 0 aliphatic rings. The average Bonchev–Trinajstić information content (AvgIpc) is 2.71. The third-order valence-corrected chi connectivity index (χ3v) is 3.68. The summed E-state index contributed by atoms with van der Waals surface area (Å²) in [5.41, 5.74) is -0.364. The minimum absolute atomic E-state index is 0.0283. The topological polar surface area (TPSA) is 117 Å². The van der Waals surface area contributed by atoms with Crippen molar-refractivity contribution in [2.24, 2.45) is 0 Å². The van der Waals surface area contributed by atoms with E-state index in [1.54, 1.807) is 31.2 Å². The molecule has 0 aromatic heterocycles. The molecule has 28 heavy (non-hydrogen) atoms. The number of hydrogen-bond donors (Lipinski definition) is 1. The summed E-state index contributed by atoms with van der Waals surface area (Å²) in [5.74, 6) is -0.633. The van der Waals surface area contributed by atoms with Crippen molar-refractivity contribution >= 4 is 23.3 Å². The summed E-state index contributed by atoms with van der Waals surface area (Å²) in [6.45, 7) is 1.15. The first kappa shape index (κ1) is 20.7. The molecule has 2 aromatic carbocycles. The van der Waals surface area contributed by atoms with E-state index < -0.39 is 29.5 Å². The summed E-state index contributed by atoms with van der Waals surface area (Å²) >= 11 is 0. The van der Waals surface area contributed by atoms with Gasteiger partial charge in [0.25, 0.3) is 11.6 Å². The fourth-order valence-corrected chi connectivity index (χ4v) is 2.27. The summed E-state index contributed by atoms with van der Waals surface area (Å²) in [5, 5.41) is 13.5. The second-order valence-electron chi connectivity index (χ2n) is 5.62. The fraction of sp³-hybridized carbons (Fsp3) is 0.263. The van der Waals surface area contributed by atoms with Crippen molar-refractivity contribution in [3.05, 3.63) is 58.6 Å². The van der Waals surface area contributed by atoms with Gasteiger partial charge in [0.1, 0.15) is 17.2 Å². The van der Waals surface area contributed by atoms with Crippen molar-refractivity contribution in [2.45, 2.75) is 19.4 Å². The fourth-order valence-electron chi connectivity index (χ4n) is 2.27. The number of esters is 1. The molecule has 0 bridgehead atoms. The van der Waals surface area contributed by atoms with Gasteiger partial charge in [-0.3, -0.25) is 14.9 Å². The maximum absolute atomic E-state index is 12.1. The smallest absolute Gasteiger partial charge is 0.347 e. The van der Waals surface area contributed by atoms with E-state index in [-0.39, 0.29) is 17.1 Å². The zero-order chi connectivity index (χ0) is 20.5. The number of nitrogens with one attached hydrogen (secondary N) is 1. The van der Waals surface area contributed by atoms with Gasteiger partial charge < -0.3 is 19.5 Å². The maximum atomic E-state index is 12.1. The van der Waals surface area contributed by atoms with Gasteiger partial charge in [0.05, 0.1) is 18.1 Å². The number of nitrogens with zero attached hydrogens (tertiary/aromatic N) is 1. The van der Waals surface area contributed by atoms with Crippen LogP contribution in [0.2, 0.25) is 0 Å². The zero-order valence-electron chi connectivity index (χ0n) is 15.4. The van der Waals surface area contributed by atoms with E-state index in [1.165, 1.54) is 25.3 Å². The number of para-hydroxylation sites is 1. The molecule has 1 atom stereocenters. The number of hydrogen-bond acceptors (Lipinski definition) is 7. The number of benzene rings is 2. The second-order valence-corrected chi connectivity index (χ2v) is 5.62. The molecule has 0 spiro atoms. The maximum Gasteiger partial charge on any atom is 0.347 e. The molecule has 0 saturated heterocycles. The van der Waals surface area contributed by atoms with Gasteiger partial charge in [-0.05, 0) is 30.7 Å². The van der Waals surface area contributed by atoms with Crippen LogP contribution in [0.5, 0.6) is 11.5 Å². The monoisotopic (exact) mass is 388 g/mol. The van der Waals surface area contributed by atoms with Gasteiger partial charge in [-0.15, -0.1) is 0 Å². The van der Waals surface area contributed by atoms with Crippen LogP contribution in [0.25, 0.3) is 0 Å². The Bertz CT molecular complexity index is 839. The van der Waals surface area contributed by atoms with Crippen molar-refractivity contribution in [3.8, 4) is 11.5 Å². The number of carbonyl (C=O) groups is 2. The third-order valence-electron chi connectivity index (χ3n) is 3.68. The largest absolute Gasteiger partial charge is 0.496 e. The van der Waals surface area contributed by atoms with Crippen molar-refractivity contribution in [1.82, 2.24) is 0 Å². The molecular formula is C19H20N2O7. The number of methoxy groups -OCH3 is 1. The van der Waals surface area contributed by atoms with E-state index >= 15 is 0 Å². The number of nitro benzene ring substituents is 1. The highest BCUT2D eigenvalue weighted by Crippen LogP contribution is 2.28. The highest BCUT2D eigenvalue weighted by molar-refractivity contribution is 5.95. The zero-order valence-corrected chi connectivity index (χ0v) is 15.4. The van der Waals surface area contributed by atoms with Crippen LogP contribution in [0, 0.1) is 10.1 Å². The summed E-state index contributed by atoms with van der Waals surface area (Å²) in [4.78, 5) is 34.7. The molecule has 0 aliphatic carbocycles. The van der Waals surface area contributed by atoms with E-state index in [0.29, 0.717) is 12.2 Å². The van der Waals surface area contributed by atoms with Gasteiger partial charge in [0, 0.05) is 0 Å². The lowest BCUT2D eigenvalue weighted by Gasteiger charge is -2.16. The molecule has 0 saturated carbocycles. The Morgan fingerprint density at radius 2 is 1.86 bits per heavy atom. The molecule has 2 rings (SSSR count). The van der Waals surface area contributed by atoms with Gasteiger partial charge in [-0.2, -0.15) is 0 Å². The predicted molar refractivity (Wildman–Crippen MR) is 100 cm³/mol. The first-order valence-corrected chi connectivity index (χ1v) is 8.45. The van der Waals surface area contributed by atoms with Gasteiger partial charge in [-0.1, -0.05) is 25.1 Å². The lowest BCUT2D eigenvalue weighted by atomic mass is 10.2. The minimum atomic E-state index is -0.870. The van der Waals surface area contributed by atoms with Gasteiger partial charge in [0.2, 0.25) is 0 Å². The number of rotatable bonds is 9. The van der Waals surface area contributed by atoms with Crippen LogP contribution in [0.15, 0.2) is 48.5 Å². The number of amides is 1. The predicted octanol–water partition coefficient (Wildman–Crippen LogP) is 2.94. The van der Waals surface area contributed by atoms with E-state index in [2.05, 4.69) is 5.32 Å². The summed E-state index contributed by atoms with van der Waals surface area (Å²) in [6.07, 6.45) is -0.523. The molecule has 1 amide bonds. The molecule has 2 aromatic rings. The Labute approximate surface area is 161 Å². The van der Waals surface area contributed by atoms with E-state index in [4.69, 9.17) is 14.2 Å². The lowest BCUT2D eigenvalue weighted by Crippen LogP contribution is -2.31. The lowest BCUT2D eigenvalue weighted by molar-refractivity contribution is -0.384. The molecule has 0 aliphatic heterocycles. The van der Waals surface area contributed by atoms with E-state index in [0.717, 1.165) is 0 Å². The van der Waals surface area contributed by atoms with Crippen LogP contribution in [0.3, 0.4) is 0 Å². The van der Waals surface area contributed by atoms with Crippen LogP contribution in [0.1, 0.15) is 13.3 Å².